The van der Waals surface area contributed by atoms with E-state index < -0.39 is 16.9 Å². The van der Waals surface area contributed by atoms with Gasteiger partial charge in [0.05, 0.1) is 63.7 Å². The highest BCUT2D eigenvalue weighted by atomic mass is 79.9. The van der Waals surface area contributed by atoms with E-state index in [2.05, 4.69) is 15.9 Å². The first kappa shape index (κ1) is 31.0. The van der Waals surface area contributed by atoms with Crippen molar-refractivity contribution in [3.8, 4) is 22.8 Å². The van der Waals surface area contributed by atoms with Crippen LogP contribution in [0.3, 0.4) is 0 Å². The quantitative estimate of drug-likeness (QED) is 0.121. The average Bonchev–Trinajstić information content (AvgIpc) is 3.60. The zero-order valence-electron chi connectivity index (χ0n) is 24.3. The zero-order valence-corrected chi connectivity index (χ0v) is 26.7. The van der Waals surface area contributed by atoms with Gasteiger partial charge in [0, 0.05) is 12.1 Å². The summed E-state index contributed by atoms with van der Waals surface area (Å²) >= 11 is 4.72. The molecule has 1 atom stereocenters. The smallest absolute Gasteiger partial charge is 0.338 e. The number of aromatic nitrogens is 1. The zero-order chi connectivity index (χ0) is 31.5. The van der Waals surface area contributed by atoms with Crippen LogP contribution in [-0.2, 0) is 9.53 Å². The molecular weight excluding hydrogens is 654 g/mol. The Morgan fingerprint density at radius 1 is 1.14 bits per heavy atom. The monoisotopic (exact) mass is 681 g/mol. The van der Waals surface area contributed by atoms with Crippen LogP contribution in [0.2, 0.25) is 0 Å². The van der Waals surface area contributed by atoms with E-state index in [0.717, 1.165) is 6.42 Å². The van der Waals surface area contributed by atoms with Crippen LogP contribution >= 0.6 is 27.3 Å². The van der Waals surface area contributed by atoms with Gasteiger partial charge < -0.3 is 18.6 Å². The number of rotatable bonds is 10. The van der Waals surface area contributed by atoms with Gasteiger partial charge in [-0.25, -0.2) is 9.79 Å². The molecule has 0 amide bonds. The van der Waals surface area contributed by atoms with E-state index >= 15 is 0 Å². The summed E-state index contributed by atoms with van der Waals surface area (Å²) in [5.41, 5.74) is 1.63. The number of methoxy groups -OCH3 is 2. The third-order valence-electron chi connectivity index (χ3n) is 6.95. The van der Waals surface area contributed by atoms with Crippen LogP contribution in [0.4, 0.5) is 5.69 Å². The normalized spacial score (nSPS) is 14.7. The number of carbonyl (C=O) groups is 1. The number of allylic oxidation sites excluding steroid dienone is 1. The summed E-state index contributed by atoms with van der Waals surface area (Å²) in [5, 5.41) is 11.2. The van der Waals surface area contributed by atoms with Gasteiger partial charge in [0.2, 0.25) is 0 Å². The highest BCUT2D eigenvalue weighted by Gasteiger charge is 2.34. The molecule has 44 heavy (non-hydrogen) atoms. The molecule has 228 valence electrons. The van der Waals surface area contributed by atoms with Gasteiger partial charge >= 0.3 is 5.97 Å². The van der Waals surface area contributed by atoms with Crippen LogP contribution in [-0.4, -0.2) is 36.3 Å². The van der Waals surface area contributed by atoms with Gasteiger partial charge in [-0.1, -0.05) is 30.7 Å². The molecule has 0 fully saturated rings. The fourth-order valence-electron chi connectivity index (χ4n) is 4.99. The number of furan rings is 1. The van der Waals surface area contributed by atoms with E-state index in [4.69, 9.17) is 23.6 Å². The predicted octanol–water partition coefficient (Wildman–Crippen LogP) is 5.53. The second kappa shape index (κ2) is 13.0. The van der Waals surface area contributed by atoms with Crippen molar-refractivity contribution in [2.75, 3.05) is 20.8 Å². The molecule has 5 rings (SSSR count). The highest BCUT2D eigenvalue weighted by molar-refractivity contribution is 9.10. The van der Waals surface area contributed by atoms with Crippen molar-refractivity contribution in [1.82, 2.24) is 4.57 Å². The minimum atomic E-state index is -0.785. The molecule has 11 nitrogen and oxygen atoms in total. The summed E-state index contributed by atoms with van der Waals surface area (Å²) in [6, 6.07) is 12.3. The SMILES string of the molecule is CCCC1=C(C(=O)OCC)[C@@H](c2ccc(OC)c(Br)c2)n2c(s/c(=C\c3ccc(-c4ccc([N+](=O)[O-])cc4OC)o3)c2=O)=N1. The van der Waals surface area contributed by atoms with Crippen LogP contribution in [0, 0.1) is 10.1 Å². The van der Waals surface area contributed by atoms with Gasteiger partial charge in [-0.2, -0.15) is 0 Å². The summed E-state index contributed by atoms with van der Waals surface area (Å²) in [6.45, 7) is 3.90. The van der Waals surface area contributed by atoms with Crippen molar-refractivity contribution >= 4 is 45.0 Å². The molecule has 3 heterocycles. The molecule has 0 radical (unpaired) electrons. The number of non-ortho nitro benzene ring substituents is 1. The Kier molecular flexibility index (Phi) is 9.16. The minimum absolute atomic E-state index is 0.110. The number of ether oxygens (including phenoxy) is 3. The lowest BCUT2D eigenvalue weighted by Gasteiger charge is -2.26. The molecule has 0 N–H and O–H groups in total. The molecule has 0 spiro atoms. The lowest BCUT2D eigenvalue weighted by molar-refractivity contribution is -0.384. The lowest BCUT2D eigenvalue weighted by atomic mass is 9.94. The van der Waals surface area contributed by atoms with Gasteiger partial charge in [0.15, 0.2) is 4.80 Å². The molecule has 2 aromatic heterocycles. The number of halogens is 1. The number of carbonyl (C=O) groups excluding carboxylic acids is 1. The van der Waals surface area contributed by atoms with Gasteiger partial charge in [-0.15, -0.1) is 0 Å². The molecule has 4 aromatic rings. The summed E-state index contributed by atoms with van der Waals surface area (Å²) < 4.78 is 24.8. The molecule has 13 heteroatoms. The Bertz CT molecular complexity index is 1970. The topological polar surface area (TPSA) is 135 Å². The molecule has 0 aliphatic carbocycles. The van der Waals surface area contributed by atoms with E-state index in [-0.39, 0.29) is 23.6 Å². The fourth-order valence-corrected chi connectivity index (χ4v) is 6.55. The first-order valence-electron chi connectivity index (χ1n) is 13.7. The fraction of sp³-hybridized carbons (Fsp3) is 0.258. The van der Waals surface area contributed by atoms with Gasteiger partial charge in [-0.3, -0.25) is 19.5 Å². The van der Waals surface area contributed by atoms with E-state index in [1.165, 1.54) is 35.1 Å². The van der Waals surface area contributed by atoms with Crippen molar-refractivity contribution in [3.63, 3.8) is 0 Å². The predicted molar refractivity (Wildman–Crippen MR) is 168 cm³/mol. The number of nitro benzene ring substituents is 1. The summed E-state index contributed by atoms with van der Waals surface area (Å²) in [7, 11) is 2.98. The maximum Gasteiger partial charge on any atom is 0.338 e. The number of nitro groups is 1. The molecule has 2 aromatic carbocycles. The first-order valence-corrected chi connectivity index (χ1v) is 15.3. The molecular formula is C31H28BrN3O8S. The van der Waals surface area contributed by atoms with Crippen molar-refractivity contribution in [2.24, 2.45) is 4.99 Å². The Morgan fingerprint density at radius 2 is 1.91 bits per heavy atom. The standard InChI is InChI=1S/C31H28BrN3O8S/c1-5-7-22-27(30(37)42-6-2)28(17-8-12-24(40-3)21(32)14-17)34-29(36)26(44-31(34)33-22)16-19-10-13-23(43-19)20-11-9-18(35(38)39)15-25(20)41-4/h8-16,28H,5-7H2,1-4H3/b26-16-/t28-/m1/s1. The van der Waals surface area contributed by atoms with Crippen LogP contribution in [0.15, 0.2) is 78.5 Å². The van der Waals surface area contributed by atoms with E-state index in [1.54, 1.807) is 44.4 Å². The average molecular weight is 683 g/mol. The number of benzene rings is 2. The van der Waals surface area contributed by atoms with Crippen molar-refractivity contribution in [3.05, 3.63) is 105 Å². The largest absolute Gasteiger partial charge is 0.496 e. The Labute approximate surface area is 264 Å². The molecule has 0 unspecified atom stereocenters. The summed E-state index contributed by atoms with van der Waals surface area (Å²) in [6.07, 6.45) is 2.86. The molecule has 0 saturated carbocycles. The first-order chi connectivity index (χ1) is 21.2. The number of hydrogen-bond donors (Lipinski definition) is 0. The Morgan fingerprint density at radius 3 is 2.57 bits per heavy atom. The maximum absolute atomic E-state index is 14.0. The number of fused-ring (bicyclic) bond motifs is 1. The molecule has 1 aliphatic heterocycles. The third-order valence-corrected chi connectivity index (χ3v) is 8.55. The Hall–Kier alpha value is -4.49. The van der Waals surface area contributed by atoms with Crippen LogP contribution < -0.4 is 24.4 Å². The minimum Gasteiger partial charge on any atom is -0.496 e. The van der Waals surface area contributed by atoms with Crippen molar-refractivity contribution in [1.29, 1.82) is 0 Å². The number of thiazole rings is 1. The van der Waals surface area contributed by atoms with Crippen LogP contribution in [0.5, 0.6) is 11.5 Å². The highest BCUT2D eigenvalue weighted by Crippen LogP contribution is 2.37. The van der Waals surface area contributed by atoms with E-state index in [1.807, 2.05) is 19.1 Å². The van der Waals surface area contributed by atoms with Gasteiger partial charge in [-0.05, 0) is 65.2 Å². The lowest BCUT2D eigenvalue weighted by Crippen LogP contribution is -2.40. The van der Waals surface area contributed by atoms with Gasteiger partial charge in [0.25, 0.3) is 11.2 Å². The Balaban J connectivity index is 1.66. The third kappa shape index (κ3) is 5.84. The number of hydrogen-bond acceptors (Lipinski definition) is 10. The summed E-state index contributed by atoms with van der Waals surface area (Å²) in [5.74, 6) is 1.15. The van der Waals surface area contributed by atoms with Crippen molar-refractivity contribution < 1.29 is 28.3 Å². The summed E-state index contributed by atoms with van der Waals surface area (Å²) in [4.78, 5) is 43.3. The van der Waals surface area contributed by atoms with E-state index in [9.17, 15) is 19.7 Å². The molecule has 0 bridgehead atoms. The van der Waals surface area contributed by atoms with Crippen LogP contribution in [0.1, 0.15) is 44.1 Å². The number of nitrogens with zero attached hydrogens (tertiary/aromatic N) is 3. The van der Waals surface area contributed by atoms with Gasteiger partial charge in [0.1, 0.15) is 23.0 Å². The second-order valence-corrected chi connectivity index (χ2v) is 11.5. The van der Waals surface area contributed by atoms with Crippen molar-refractivity contribution in [2.45, 2.75) is 32.7 Å². The molecule has 0 saturated heterocycles. The maximum atomic E-state index is 14.0. The van der Waals surface area contributed by atoms with Crippen LogP contribution in [0.25, 0.3) is 17.4 Å². The van der Waals surface area contributed by atoms with E-state index in [0.29, 0.717) is 59.9 Å². The number of esters is 1. The second-order valence-electron chi connectivity index (χ2n) is 9.65. The molecule has 1 aliphatic rings.